The lowest BCUT2D eigenvalue weighted by Crippen LogP contribution is -2.69. The smallest absolute Gasteiger partial charge is 0.372 e. The van der Waals surface area contributed by atoms with Crippen LogP contribution in [-0.4, -0.2) is 41.0 Å². The van der Waals surface area contributed by atoms with Crippen LogP contribution >= 0.6 is 0 Å². The molecule has 1 aliphatic heterocycles. The summed E-state index contributed by atoms with van der Waals surface area (Å²) < 4.78 is 84.8. The standard InChI is InChI=1S/C24H26F6N4O3/c1-14(15-9-16(23(25,26)27)11-17(10-15)24(28,29)30)37-13-21(2)6-7-22(12-33-21,20(31)36)34-19(35)18-5-3-4-8-32-18/h3-5,8-11,14,33H,6-7,12-13H2,1-2H3,(H2,31,36)(H,34,35). The van der Waals surface area contributed by atoms with Crippen LogP contribution in [0.5, 0.6) is 0 Å². The second-order valence-corrected chi connectivity index (χ2v) is 9.32. The van der Waals surface area contributed by atoms with Gasteiger partial charge in [-0.2, -0.15) is 26.3 Å². The molecule has 0 radical (unpaired) electrons. The molecule has 1 fully saturated rings. The van der Waals surface area contributed by atoms with Crippen LogP contribution in [0.1, 0.15) is 60.0 Å². The second-order valence-electron chi connectivity index (χ2n) is 9.32. The van der Waals surface area contributed by atoms with Gasteiger partial charge in [-0.05, 0) is 62.6 Å². The van der Waals surface area contributed by atoms with Crippen LogP contribution in [0.3, 0.4) is 0 Å². The minimum absolute atomic E-state index is 0.0584. The van der Waals surface area contributed by atoms with Gasteiger partial charge >= 0.3 is 12.4 Å². The number of primary amides is 1. The normalized spacial score (nSPS) is 23.4. The van der Waals surface area contributed by atoms with Gasteiger partial charge in [-0.3, -0.25) is 14.6 Å². The van der Waals surface area contributed by atoms with Gasteiger partial charge in [0.15, 0.2) is 0 Å². The monoisotopic (exact) mass is 532 g/mol. The molecule has 13 heteroatoms. The highest BCUT2D eigenvalue weighted by molar-refractivity contribution is 5.97. The fraction of sp³-hybridized carbons (Fsp3) is 0.458. The number of aromatic nitrogens is 1. The van der Waals surface area contributed by atoms with Crippen LogP contribution in [0, 0.1) is 0 Å². The first-order valence-corrected chi connectivity index (χ1v) is 11.2. The highest BCUT2D eigenvalue weighted by atomic mass is 19.4. The molecular formula is C24H26F6N4O3. The Morgan fingerprint density at radius 1 is 1.11 bits per heavy atom. The number of nitrogens with two attached hydrogens (primary N) is 1. The molecular weight excluding hydrogens is 506 g/mol. The van der Waals surface area contributed by atoms with E-state index in [-0.39, 0.29) is 43.3 Å². The fourth-order valence-electron chi connectivity index (χ4n) is 3.93. The van der Waals surface area contributed by atoms with Crippen LogP contribution in [0.15, 0.2) is 42.6 Å². The molecule has 0 aliphatic carbocycles. The zero-order valence-corrected chi connectivity index (χ0v) is 20.0. The van der Waals surface area contributed by atoms with Gasteiger partial charge in [0, 0.05) is 18.3 Å². The number of carbonyl (C=O) groups excluding carboxylic acids is 2. The Morgan fingerprint density at radius 2 is 1.73 bits per heavy atom. The zero-order chi connectivity index (χ0) is 27.6. The molecule has 1 saturated heterocycles. The van der Waals surface area contributed by atoms with Gasteiger partial charge in [0.1, 0.15) is 11.2 Å². The molecule has 2 amide bonds. The summed E-state index contributed by atoms with van der Waals surface area (Å²) in [4.78, 5) is 28.8. The molecule has 0 spiro atoms. The summed E-state index contributed by atoms with van der Waals surface area (Å²) >= 11 is 0. The number of alkyl halides is 6. The van der Waals surface area contributed by atoms with E-state index in [2.05, 4.69) is 15.6 Å². The van der Waals surface area contributed by atoms with Crippen molar-refractivity contribution in [1.29, 1.82) is 0 Å². The molecule has 1 aromatic carbocycles. The van der Waals surface area contributed by atoms with Crippen molar-refractivity contribution in [2.45, 2.75) is 56.2 Å². The Balaban J connectivity index is 1.70. The third-order valence-corrected chi connectivity index (χ3v) is 6.37. The summed E-state index contributed by atoms with van der Waals surface area (Å²) in [5, 5.41) is 5.71. The number of hydrogen-bond donors (Lipinski definition) is 3. The topological polar surface area (TPSA) is 106 Å². The summed E-state index contributed by atoms with van der Waals surface area (Å²) in [6.45, 7) is 2.90. The second kappa shape index (κ2) is 10.3. The van der Waals surface area contributed by atoms with Crippen molar-refractivity contribution in [3.8, 4) is 0 Å². The van der Waals surface area contributed by atoms with E-state index in [4.69, 9.17) is 10.5 Å². The summed E-state index contributed by atoms with van der Waals surface area (Å²) in [5.74, 6) is -1.37. The van der Waals surface area contributed by atoms with Crippen LogP contribution in [0.25, 0.3) is 0 Å². The van der Waals surface area contributed by atoms with E-state index in [1.54, 1.807) is 19.1 Å². The van der Waals surface area contributed by atoms with Crippen molar-refractivity contribution >= 4 is 11.8 Å². The number of amides is 2. The number of pyridine rings is 1. The molecule has 202 valence electrons. The molecule has 3 unspecified atom stereocenters. The molecule has 0 saturated carbocycles. The Bertz CT molecular complexity index is 1100. The Labute approximate surface area is 208 Å². The Hall–Kier alpha value is -3.19. The molecule has 3 atom stereocenters. The summed E-state index contributed by atoms with van der Waals surface area (Å²) in [6, 6.07) is 6.01. The van der Waals surface area contributed by atoms with Crippen molar-refractivity contribution in [1.82, 2.24) is 15.6 Å². The third kappa shape index (κ3) is 6.77. The van der Waals surface area contributed by atoms with Crippen LogP contribution in [-0.2, 0) is 21.9 Å². The van der Waals surface area contributed by atoms with Gasteiger partial charge in [-0.15, -0.1) is 0 Å². The van der Waals surface area contributed by atoms with Gasteiger partial charge in [-0.1, -0.05) is 6.07 Å². The SMILES string of the molecule is CC(OCC1(C)CCC(NC(=O)c2ccccn2)(C(N)=O)CN1)c1cc(C(F)(F)F)cc(C(F)(F)F)c1. The van der Waals surface area contributed by atoms with Crippen molar-refractivity contribution in [3.63, 3.8) is 0 Å². The lowest BCUT2D eigenvalue weighted by molar-refractivity contribution is -0.143. The van der Waals surface area contributed by atoms with Crippen molar-refractivity contribution in [2.75, 3.05) is 13.2 Å². The molecule has 37 heavy (non-hydrogen) atoms. The van der Waals surface area contributed by atoms with Gasteiger partial charge in [0.2, 0.25) is 5.91 Å². The number of carbonyl (C=O) groups is 2. The van der Waals surface area contributed by atoms with E-state index in [1.807, 2.05) is 0 Å². The maximum atomic E-state index is 13.2. The van der Waals surface area contributed by atoms with E-state index in [1.165, 1.54) is 19.2 Å². The molecule has 4 N–H and O–H groups in total. The average molecular weight is 532 g/mol. The predicted octanol–water partition coefficient (Wildman–Crippen LogP) is 3.99. The number of benzene rings is 1. The van der Waals surface area contributed by atoms with Crippen molar-refractivity contribution in [2.24, 2.45) is 5.73 Å². The Kier molecular flexibility index (Phi) is 7.89. The first kappa shape index (κ1) is 28.4. The van der Waals surface area contributed by atoms with Crippen molar-refractivity contribution in [3.05, 3.63) is 65.0 Å². The first-order valence-electron chi connectivity index (χ1n) is 11.2. The van der Waals surface area contributed by atoms with Crippen LogP contribution in [0.4, 0.5) is 26.3 Å². The molecule has 3 rings (SSSR count). The summed E-state index contributed by atoms with van der Waals surface area (Å²) in [7, 11) is 0. The van der Waals surface area contributed by atoms with Crippen LogP contribution < -0.4 is 16.4 Å². The lowest BCUT2D eigenvalue weighted by atomic mass is 9.80. The van der Waals surface area contributed by atoms with Gasteiger partial charge in [0.25, 0.3) is 5.91 Å². The molecule has 0 bridgehead atoms. The highest BCUT2D eigenvalue weighted by Gasteiger charge is 2.46. The van der Waals surface area contributed by atoms with Gasteiger partial charge in [-0.25, -0.2) is 0 Å². The largest absolute Gasteiger partial charge is 0.416 e. The van der Waals surface area contributed by atoms with E-state index in [0.717, 1.165) is 0 Å². The number of hydrogen-bond acceptors (Lipinski definition) is 5. The summed E-state index contributed by atoms with van der Waals surface area (Å²) in [6.07, 6.45) is -9.25. The summed E-state index contributed by atoms with van der Waals surface area (Å²) in [5.41, 5.74) is 0.305. The Morgan fingerprint density at radius 3 is 2.19 bits per heavy atom. The van der Waals surface area contributed by atoms with Crippen LogP contribution in [0.2, 0.25) is 0 Å². The zero-order valence-electron chi connectivity index (χ0n) is 20.0. The first-order chi connectivity index (χ1) is 17.0. The molecule has 1 aliphatic rings. The molecule has 2 heterocycles. The minimum Gasteiger partial charge on any atom is -0.372 e. The number of ether oxygens (including phenoxy) is 1. The predicted molar refractivity (Wildman–Crippen MR) is 120 cm³/mol. The lowest BCUT2D eigenvalue weighted by Gasteiger charge is -2.44. The number of piperidine rings is 1. The molecule has 1 aromatic heterocycles. The number of rotatable bonds is 7. The van der Waals surface area contributed by atoms with E-state index in [9.17, 15) is 35.9 Å². The average Bonchev–Trinajstić information content (AvgIpc) is 2.83. The van der Waals surface area contributed by atoms with Gasteiger partial charge in [0.05, 0.1) is 23.8 Å². The number of nitrogens with one attached hydrogen (secondary N) is 2. The highest BCUT2D eigenvalue weighted by Crippen LogP contribution is 2.38. The fourth-order valence-corrected chi connectivity index (χ4v) is 3.93. The number of halogens is 6. The molecule has 7 nitrogen and oxygen atoms in total. The molecule has 2 aromatic rings. The quantitative estimate of drug-likeness (QED) is 0.468. The van der Waals surface area contributed by atoms with E-state index >= 15 is 0 Å². The number of nitrogens with zero attached hydrogens (tertiary/aromatic N) is 1. The van der Waals surface area contributed by atoms with Crippen molar-refractivity contribution < 1.29 is 40.7 Å². The van der Waals surface area contributed by atoms with E-state index < -0.39 is 52.5 Å². The maximum Gasteiger partial charge on any atom is 0.416 e. The third-order valence-electron chi connectivity index (χ3n) is 6.37. The minimum atomic E-state index is -4.97. The maximum absolute atomic E-state index is 13.2. The van der Waals surface area contributed by atoms with Gasteiger partial charge < -0.3 is 21.1 Å². The van der Waals surface area contributed by atoms with E-state index in [0.29, 0.717) is 12.1 Å².